The monoisotopic (exact) mass is 738 g/mol. The number of hydrogen-bond donors (Lipinski definition) is 0. The van der Waals surface area contributed by atoms with Gasteiger partial charge in [-0.1, -0.05) is 182 Å². The van der Waals surface area contributed by atoms with E-state index >= 15 is 0 Å². The molecule has 1 aromatic heterocycles. The van der Waals surface area contributed by atoms with Crippen LogP contribution >= 0.6 is 0 Å². The minimum Gasteiger partial charge on any atom is -0.310 e. The molecule has 0 bridgehead atoms. The number of hydrogen-bond acceptors (Lipinski definition) is 1. The minimum absolute atomic E-state index is 1.10. The molecule has 0 saturated carbocycles. The van der Waals surface area contributed by atoms with Crippen LogP contribution in [0.4, 0.5) is 17.1 Å². The van der Waals surface area contributed by atoms with Gasteiger partial charge in [0.15, 0.2) is 0 Å². The van der Waals surface area contributed by atoms with Crippen molar-refractivity contribution < 1.29 is 0 Å². The number of fused-ring (bicyclic) bond motifs is 5. The van der Waals surface area contributed by atoms with Crippen LogP contribution in [-0.2, 0) is 0 Å². The quantitative estimate of drug-likeness (QED) is 0.158. The van der Waals surface area contributed by atoms with Crippen LogP contribution in [0.2, 0.25) is 0 Å². The van der Waals surface area contributed by atoms with Gasteiger partial charge in [-0.2, -0.15) is 0 Å². The van der Waals surface area contributed by atoms with Crippen molar-refractivity contribution in [1.29, 1.82) is 0 Å². The van der Waals surface area contributed by atoms with E-state index in [0.29, 0.717) is 0 Å². The molecule has 10 aromatic carbocycles. The summed E-state index contributed by atoms with van der Waals surface area (Å²) in [6.07, 6.45) is 0. The molecule has 0 radical (unpaired) electrons. The van der Waals surface area contributed by atoms with Crippen LogP contribution in [0.25, 0.3) is 82.4 Å². The zero-order valence-corrected chi connectivity index (χ0v) is 31.8. The topological polar surface area (TPSA) is 8.17 Å². The molecule has 0 aliphatic heterocycles. The van der Waals surface area contributed by atoms with E-state index in [9.17, 15) is 0 Å². The normalized spacial score (nSPS) is 11.4. The van der Waals surface area contributed by atoms with Crippen LogP contribution in [0.5, 0.6) is 0 Å². The highest BCUT2D eigenvalue weighted by Gasteiger charge is 2.22. The Labute approximate surface area is 338 Å². The molecule has 0 aliphatic rings. The van der Waals surface area contributed by atoms with Crippen molar-refractivity contribution in [3.63, 3.8) is 0 Å². The molecule has 0 N–H and O–H groups in total. The van der Waals surface area contributed by atoms with E-state index in [2.05, 4.69) is 240 Å². The molecule has 58 heavy (non-hydrogen) atoms. The fourth-order valence-corrected chi connectivity index (χ4v) is 8.93. The van der Waals surface area contributed by atoms with Crippen molar-refractivity contribution in [3.05, 3.63) is 231 Å². The molecule has 2 nitrogen and oxygen atoms in total. The summed E-state index contributed by atoms with van der Waals surface area (Å²) in [5, 5.41) is 7.32. The fourth-order valence-electron chi connectivity index (χ4n) is 8.93. The molecule has 0 fully saturated rings. The third-order valence-corrected chi connectivity index (χ3v) is 11.6. The molecule has 0 unspecified atom stereocenters. The van der Waals surface area contributed by atoms with Crippen LogP contribution in [-0.4, -0.2) is 4.57 Å². The highest BCUT2D eigenvalue weighted by atomic mass is 15.1. The molecule has 0 amide bonds. The molecule has 11 aromatic rings. The largest absolute Gasteiger partial charge is 0.310 e. The van der Waals surface area contributed by atoms with E-state index in [0.717, 1.165) is 22.7 Å². The number of para-hydroxylation sites is 2. The lowest BCUT2D eigenvalue weighted by Crippen LogP contribution is -2.10. The number of nitrogens with zero attached hydrogens (tertiary/aromatic N) is 2. The average Bonchev–Trinajstić information content (AvgIpc) is 3.65. The maximum Gasteiger partial charge on any atom is 0.0619 e. The second-order valence-corrected chi connectivity index (χ2v) is 14.9. The smallest absolute Gasteiger partial charge is 0.0619 e. The summed E-state index contributed by atoms with van der Waals surface area (Å²) in [4.78, 5) is 2.42. The van der Waals surface area contributed by atoms with Crippen LogP contribution in [0.1, 0.15) is 0 Å². The number of rotatable bonds is 7. The Morgan fingerprint density at radius 3 is 1.69 bits per heavy atom. The van der Waals surface area contributed by atoms with Crippen molar-refractivity contribution >= 4 is 60.4 Å². The Bertz CT molecular complexity index is 3250. The lowest BCUT2D eigenvalue weighted by Gasteiger charge is -2.28. The second kappa shape index (κ2) is 14.1. The van der Waals surface area contributed by atoms with Crippen molar-refractivity contribution in [2.24, 2.45) is 0 Å². The van der Waals surface area contributed by atoms with Crippen molar-refractivity contribution in [3.8, 4) is 39.1 Å². The molecule has 0 atom stereocenters. The first-order chi connectivity index (χ1) is 28.8. The van der Waals surface area contributed by atoms with Gasteiger partial charge in [0.25, 0.3) is 0 Å². The van der Waals surface area contributed by atoms with Gasteiger partial charge in [-0.3, -0.25) is 0 Å². The van der Waals surface area contributed by atoms with E-state index in [-0.39, 0.29) is 0 Å². The van der Waals surface area contributed by atoms with Crippen LogP contribution in [0.3, 0.4) is 0 Å². The third-order valence-electron chi connectivity index (χ3n) is 11.6. The number of benzene rings is 10. The summed E-state index contributed by atoms with van der Waals surface area (Å²) in [5.74, 6) is 0. The lowest BCUT2D eigenvalue weighted by molar-refractivity contribution is 1.18. The highest BCUT2D eigenvalue weighted by molar-refractivity contribution is 6.20. The molecular weight excluding hydrogens is 701 g/mol. The van der Waals surface area contributed by atoms with Crippen molar-refractivity contribution in [2.45, 2.75) is 0 Å². The summed E-state index contributed by atoms with van der Waals surface area (Å²) >= 11 is 0. The Hall–Kier alpha value is -7.68. The summed E-state index contributed by atoms with van der Waals surface area (Å²) in [6.45, 7) is 0. The molecule has 272 valence electrons. The Morgan fingerprint density at radius 2 is 0.914 bits per heavy atom. The second-order valence-electron chi connectivity index (χ2n) is 14.9. The van der Waals surface area contributed by atoms with E-state index in [1.54, 1.807) is 0 Å². The molecule has 0 spiro atoms. The molecule has 0 aliphatic carbocycles. The summed E-state index contributed by atoms with van der Waals surface area (Å²) in [7, 11) is 0. The van der Waals surface area contributed by atoms with E-state index in [1.807, 2.05) is 0 Å². The Kier molecular flexibility index (Phi) is 8.19. The van der Waals surface area contributed by atoms with E-state index < -0.39 is 0 Å². The minimum atomic E-state index is 1.10. The zero-order valence-electron chi connectivity index (χ0n) is 31.8. The van der Waals surface area contributed by atoms with Crippen LogP contribution in [0.15, 0.2) is 231 Å². The first-order valence-corrected chi connectivity index (χ1v) is 19.9. The lowest BCUT2D eigenvalue weighted by atomic mass is 9.93. The van der Waals surface area contributed by atoms with Gasteiger partial charge in [-0.05, 0) is 92.5 Å². The molecular formula is C56H38N2. The van der Waals surface area contributed by atoms with Gasteiger partial charge in [0.05, 0.1) is 16.7 Å². The molecule has 2 heteroatoms. The van der Waals surface area contributed by atoms with Gasteiger partial charge in [-0.25, -0.2) is 0 Å². The van der Waals surface area contributed by atoms with E-state index in [1.165, 1.54) is 76.7 Å². The predicted molar refractivity (Wildman–Crippen MR) is 247 cm³/mol. The van der Waals surface area contributed by atoms with Gasteiger partial charge in [0.2, 0.25) is 0 Å². The van der Waals surface area contributed by atoms with Gasteiger partial charge >= 0.3 is 0 Å². The molecule has 11 rings (SSSR count). The zero-order chi connectivity index (χ0) is 38.4. The predicted octanol–water partition coefficient (Wildman–Crippen LogP) is 15.6. The third kappa shape index (κ3) is 5.66. The maximum absolute atomic E-state index is 2.46. The SMILES string of the molecule is c1ccc(-c2ccc(N(c3ccc4ccccc4c3)c3ccc(-c4cccc5c6c(-c7ccccc7)cccc6n(-c6ccccc6)c45)c4ccccc34)cc2)cc1. The molecule has 1 heterocycles. The maximum atomic E-state index is 2.46. The first kappa shape index (κ1) is 33.6. The fraction of sp³-hybridized carbons (Fsp3) is 0. The van der Waals surface area contributed by atoms with Crippen LogP contribution < -0.4 is 4.90 Å². The number of anilines is 3. The Balaban J connectivity index is 1.16. The Morgan fingerprint density at radius 1 is 0.328 bits per heavy atom. The van der Waals surface area contributed by atoms with Gasteiger partial charge < -0.3 is 9.47 Å². The van der Waals surface area contributed by atoms with Gasteiger partial charge in [-0.15, -0.1) is 0 Å². The van der Waals surface area contributed by atoms with Crippen molar-refractivity contribution in [1.82, 2.24) is 4.57 Å². The highest BCUT2D eigenvalue weighted by Crippen LogP contribution is 2.46. The van der Waals surface area contributed by atoms with Gasteiger partial charge in [0.1, 0.15) is 0 Å². The van der Waals surface area contributed by atoms with Gasteiger partial charge in [0, 0.05) is 38.8 Å². The number of aromatic nitrogens is 1. The average molecular weight is 739 g/mol. The van der Waals surface area contributed by atoms with E-state index in [4.69, 9.17) is 0 Å². The summed E-state index contributed by atoms with van der Waals surface area (Å²) in [5.41, 5.74) is 14.1. The van der Waals surface area contributed by atoms with Crippen molar-refractivity contribution in [2.75, 3.05) is 4.90 Å². The molecule has 0 saturated heterocycles. The summed E-state index contributed by atoms with van der Waals surface area (Å²) < 4.78 is 2.46. The summed E-state index contributed by atoms with van der Waals surface area (Å²) in [6, 6.07) is 83.7. The van der Waals surface area contributed by atoms with Crippen LogP contribution in [0, 0.1) is 0 Å². The standard InChI is InChI=1S/C56H38N2/c1-4-16-39(17-5-1)41-30-33-45(34-31-41)57(46-35-32-40-18-10-11-21-43(40)38-46)53-37-36-49(48-24-12-13-25-50(48)53)51-27-14-28-52-55-47(42-19-6-2-7-20-42)26-15-29-54(55)58(56(51)52)44-22-8-3-9-23-44/h1-38H. The first-order valence-electron chi connectivity index (χ1n) is 19.9.